The molecule has 0 aliphatic carbocycles. The molecule has 0 radical (unpaired) electrons. The Morgan fingerprint density at radius 1 is 0.818 bits per heavy atom. The van der Waals surface area contributed by atoms with Crippen LogP contribution in [0, 0.1) is 0 Å². The molecule has 44 heavy (non-hydrogen) atoms. The molecule has 4 aromatic rings. The Morgan fingerprint density at radius 2 is 1.48 bits per heavy atom. The molecule has 3 aliphatic rings. The summed E-state index contributed by atoms with van der Waals surface area (Å²) in [6, 6.07) is 21.5. The number of aromatic nitrogens is 2. The number of nitrogens with zero attached hydrogens (tertiary/aromatic N) is 4. The predicted molar refractivity (Wildman–Crippen MR) is 177 cm³/mol. The van der Waals surface area contributed by atoms with Gasteiger partial charge in [-0.1, -0.05) is 12.1 Å². The topological polar surface area (TPSA) is 79.7 Å². The molecular formula is C35H43N5O3S. The fraction of sp³-hybridized carbons (Fsp3) is 0.457. The van der Waals surface area contributed by atoms with Crippen molar-refractivity contribution >= 4 is 26.6 Å². The number of aryl methyl sites for hydroxylation is 1. The van der Waals surface area contributed by atoms with Gasteiger partial charge in [0, 0.05) is 70.0 Å². The molecule has 4 heterocycles. The molecule has 0 unspecified atom stereocenters. The number of sulfone groups is 1. The van der Waals surface area contributed by atoms with Gasteiger partial charge in [0.15, 0.2) is 9.84 Å². The fourth-order valence-electron chi connectivity index (χ4n) is 7.29. The van der Waals surface area contributed by atoms with Crippen LogP contribution in [-0.4, -0.2) is 87.6 Å². The normalized spacial score (nSPS) is 19.5. The zero-order valence-corrected chi connectivity index (χ0v) is 26.7. The third-order valence-corrected chi connectivity index (χ3v) is 11.1. The standard InChI is InChI=1S/C35H43N5O3S/c1-38-33-24-28(25-3-7-29(8-4-25)39-17-19-40(20-18-39)30-13-21-43-22-14-30)23-32(26-11-15-36-16-12-26)34(33)37-35(38)27-5-9-31(10-6-27)44(2,41)42/h3-10,23-24,26,30,36H,11-22H2,1-2H3. The summed E-state index contributed by atoms with van der Waals surface area (Å²) < 4.78 is 31.8. The van der Waals surface area contributed by atoms with E-state index in [1.165, 1.54) is 28.6 Å². The van der Waals surface area contributed by atoms with Crippen LogP contribution in [-0.2, 0) is 21.6 Å². The first-order valence-electron chi connectivity index (χ1n) is 16.0. The largest absolute Gasteiger partial charge is 0.381 e. The highest BCUT2D eigenvalue weighted by Crippen LogP contribution is 2.37. The van der Waals surface area contributed by atoms with Crippen molar-refractivity contribution in [3.8, 4) is 22.5 Å². The molecule has 0 bridgehead atoms. The van der Waals surface area contributed by atoms with Crippen LogP contribution >= 0.6 is 0 Å². The van der Waals surface area contributed by atoms with Crippen molar-refractivity contribution in [1.29, 1.82) is 0 Å². The zero-order valence-electron chi connectivity index (χ0n) is 25.8. The van der Waals surface area contributed by atoms with Crippen molar-refractivity contribution < 1.29 is 13.2 Å². The summed E-state index contributed by atoms with van der Waals surface area (Å²) in [4.78, 5) is 10.7. The number of imidazole rings is 1. The molecule has 8 nitrogen and oxygen atoms in total. The van der Waals surface area contributed by atoms with E-state index in [0.717, 1.165) is 101 Å². The lowest BCUT2D eigenvalue weighted by atomic mass is 9.87. The van der Waals surface area contributed by atoms with Crippen LogP contribution in [0.3, 0.4) is 0 Å². The highest BCUT2D eigenvalue weighted by Gasteiger charge is 2.26. The molecule has 0 amide bonds. The van der Waals surface area contributed by atoms with Gasteiger partial charge in [-0.05, 0) is 110 Å². The van der Waals surface area contributed by atoms with E-state index in [1.807, 2.05) is 12.1 Å². The van der Waals surface area contributed by atoms with Crippen molar-refractivity contribution in [2.75, 3.05) is 63.6 Å². The molecule has 1 aromatic heterocycles. The molecule has 3 aromatic carbocycles. The van der Waals surface area contributed by atoms with E-state index in [0.29, 0.717) is 16.9 Å². The first-order chi connectivity index (χ1) is 21.3. The third kappa shape index (κ3) is 5.90. The molecular weight excluding hydrogens is 570 g/mol. The second kappa shape index (κ2) is 12.3. The van der Waals surface area contributed by atoms with Gasteiger partial charge in [-0.15, -0.1) is 0 Å². The van der Waals surface area contributed by atoms with Gasteiger partial charge in [0.05, 0.1) is 15.9 Å². The fourth-order valence-corrected chi connectivity index (χ4v) is 7.92. The third-order valence-electron chi connectivity index (χ3n) is 9.92. The number of rotatable bonds is 6. The van der Waals surface area contributed by atoms with Crippen molar-refractivity contribution in [3.63, 3.8) is 0 Å². The minimum absolute atomic E-state index is 0.322. The van der Waals surface area contributed by atoms with Crippen molar-refractivity contribution in [3.05, 3.63) is 66.2 Å². The van der Waals surface area contributed by atoms with E-state index in [-0.39, 0.29) is 0 Å². The molecule has 9 heteroatoms. The van der Waals surface area contributed by atoms with Crippen molar-refractivity contribution in [2.45, 2.75) is 42.5 Å². The van der Waals surface area contributed by atoms with Gasteiger partial charge < -0.3 is 19.5 Å². The van der Waals surface area contributed by atoms with Crippen LogP contribution in [0.25, 0.3) is 33.5 Å². The molecule has 0 saturated carbocycles. The predicted octanol–water partition coefficient (Wildman–Crippen LogP) is 5.08. The first kappa shape index (κ1) is 29.5. The molecule has 0 atom stereocenters. The quantitative estimate of drug-likeness (QED) is 0.325. The summed E-state index contributed by atoms with van der Waals surface area (Å²) >= 11 is 0. The van der Waals surface area contributed by atoms with E-state index in [9.17, 15) is 8.42 Å². The lowest BCUT2D eigenvalue weighted by Gasteiger charge is -2.41. The highest BCUT2D eigenvalue weighted by atomic mass is 32.2. The second-order valence-electron chi connectivity index (χ2n) is 12.7. The molecule has 232 valence electrons. The average molecular weight is 614 g/mol. The van der Waals surface area contributed by atoms with Gasteiger partial charge in [0.25, 0.3) is 0 Å². The number of anilines is 1. The van der Waals surface area contributed by atoms with Gasteiger partial charge in [0.2, 0.25) is 0 Å². The lowest BCUT2D eigenvalue weighted by Crippen LogP contribution is -2.51. The SMILES string of the molecule is Cn1c(-c2ccc(S(C)(=O)=O)cc2)nc2c(C3CCNCC3)cc(-c3ccc(N4CCN(C5CCOCC5)CC4)cc3)cc21. The molecule has 3 aliphatic heterocycles. The first-order valence-corrected chi connectivity index (χ1v) is 17.9. The van der Waals surface area contributed by atoms with Crippen LogP contribution in [0.4, 0.5) is 5.69 Å². The Bertz CT molecular complexity index is 1710. The van der Waals surface area contributed by atoms with Crippen LogP contribution in [0.15, 0.2) is 65.6 Å². The Labute approximate surface area is 260 Å². The summed E-state index contributed by atoms with van der Waals surface area (Å²) in [5, 5.41) is 3.51. The average Bonchev–Trinajstić information content (AvgIpc) is 3.41. The summed E-state index contributed by atoms with van der Waals surface area (Å²) in [6.45, 7) is 8.17. The Morgan fingerprint density at radius 3 is 2.14 bits per heavy atom. The summed E-state index contributed by atoms with van der Waals surface area (Å²) in [7, 11) is -1.19. The number of fused-ring (bicyclic) bond motifs is 1. The molecule has 3 fully saturated rings. The number of piperazine rings is 1. The minimum atomic E-state index is -3.25. The Balaban J connectivity index is 1.18. The Hall–Kier alpha value is -3.24. The summed E-state index contributed by atoms with van der Waals surface area (Å²) in [6.07, 6.45) is 5.74. The number of nitrogens with one attached hydrogen (secondary N) is 1. The molecule has 1 N–H and O–H groups in total. The maximum Gasteiger partial charge on any atom is 0.175 e. The van der Waals surface area contributed by atoms with E-state index in [1.54, 1.807) is 12.1 Å². The summed E-state index contributed by atoms with van der Waals surface area (Å²) in [5.74, 6) is 1.29. The number of ether oxygens (including phenoxy) is 1. The molecule has 7 rings (SSSR count). The summed E-state index contributed by atoms with van der Waals surface area (Å²) in [5.41, 5.74) is 8.09. The maximum absolute atomic E-state index is 12.0. The van der Waals surface area contributed by atoms with Crippen LogP contribution in [0.5, 0.6) is 0 Å². The lowest BCUT2D eigenvalue weighted by molar-refractivity contribution is 0.0321. The number of hydrogen-bond donors (Lipinski definition) is 1. The minimum Gasteiger partial charge on any atom is -0.381 e. The van der Waals surface area contributed by atoms with Gasteiger partial charge in [-0.2, -0.15) is 0 Å². The highest BCUT2D eigenvalue weighted by molar-refractivity contribution is 7.90. The van der Waals surface area contributed by atoms with Gasteiger partial charge in [-0.3, -0.25) is 4.90 Å². The van der Waals surface area contributed by atoms with E-state index in [4.69, 9.17) is 9.72 Å². The molecule has 3 saturated heterocycles. The number of piperidine rings is 1. The number of hydrogen-bond acceptors (Lipinski definition) is 7. The van der Waals surface area contributed by atoms with Gasteiger partial charge in [0.1, 0.15) is 5.82 Å². The van der Waals surface area contributed by atoms with E-state index >= 15 is 0 Å². The van der Waals surface area contributed by atoms with E-state index in [2.05, 4.69) is 63.1 Å². The van der Waals surface area contributed by atoms with Crippen LogP contribution < -0.4 is 10.2 Å². The zero-order chi connectivity index (χ0) is 30.3. The van der Waals surface area contributed by atoms with Gasteiger partial charge in [-0.25, -0.2) is 13.4 Å². The maximum atomic E-state index is 12.0. The van der Waals surface area contributed by atoms with Crippen LogP contribution in [0.2, 0.25) is 0 Å². The van der Waals surface area contributed by atoms with E-state index < -0.39 is 9.84 Å². The smallest absolute Gasteiger partial charge is 0.175 e. The second-order valence-corrected chi connectivity index (χ2v) is 14.7. The van der Waals surface area contributed by atoms with Gasteiger partial charge >= 0.3 is 0 Å². The Kier molecular flexibility index (Phi) is 8.22. The van der Waals surface area contributed by atoms with Crippen LogP contribution in [0.1, 0.15) is 37.2 Å². The number of benzene rings is 3. The van der Waals surface area contributed by atoms with Crippen molar-refractivity contribution in [2.24, 2.45) is 7.05 Å². The monoisotopic (exact) mass is 613 g/mol. The molecule has 0 spiro atoms. The van der Waals surface area contributed by atoms with Crippen molar-refractivity contribution in [1.82, 2.24) is 19.8 Å².